The van der Waals surface area contributed by atoms with E-state index in [1.54, 1.807) is 11.8 Å². The van der Waals surface area contributed by atoms with Gasteiger partial charge in [0.1, 0.15) is 17.2 Å². The van der Waals surface area contributed by atoms with Gasteiger partial charge in [0.25, 0.3) is 0 Å². The minimum Gasteiger partial charge on any atom is -0.376 e. The molecule has 0 unspecified atom stereocenters. The van der Waals surface area contributed by atoms with Crippen molar-refractivity contribution in [3.63, 3.8) is 0 Å². The first-order valence-corrected chi connectivity index (χ1v) is 9.96. The molecule has 1 N–H and O–H groups in total. The number of piperidine rings is 1. The van der Waals surface area contributed by atoms with Gasteiger partial charge in [0.05, 0.1) is 12.6 Å². The summed E-state index contributed by atoms with van der Waals surface area (Å²) in [5.74, 6) is 2.26. The zero-order valence-electron chi connectivity index (χ0n) is 14.5. The van der Waals surface area contributed by atoms with Crippen LogP contribution in [0, 0.1) is 6.92 Å². The minimum atomic E-state index is 0.270. The summed E-state index contributed by atoms with van der Waals surface area (Å²) in [4.78, 5) is 0. The van der Waals surface area contributed by atoms with Crippen LogP contribution < -0.4 is 5.32 Å². The summed E-state index contributed by atoms with van der Waals surface area (Å²) in [5, 5.41) is 21.2. The molecule has 8 nitrogen and oxygen atoms in total. The highest BCUT2D eigenvalue weighted by Crippen LogP contribution is 2.30. The van der Waals surface area contributed by atoms with E-state index in [2.05, 4.69) is 30.4 Å². The van der Waals surface area contributed by atoms with E-state index in [1.165, 1.54) is 0 Å². The molecule has 0 saturated carbocycles. The van der Waals surface area contributed by atoms with Gasteiger partial charge in [-0.3, -0.25) is 0 Å². The third-order valence-electron chi connectivity index (χ3n) is 4.94. The standard InChI is InChI=1S/C16H24N6O2S/c1-11-14(21-24-20-11)10-25-16-19-18-15(12-4-6-17-7-5-12)22(16)9-13-3-2-8-23-13/h12-13,17H,2-10H2,1H3/t13-/m1/s1. The number of aromatic nitrogens is 5. The predicted octanol–water partition coefficient (Wildman–Crippen LogP) is 1.91. The molecule has 0 amide bonds. The lowest BCUT2D eigenvalue weighted by Crippen LogP contribution is -2.29. The zero-order valence-corrected chi connectivity index (χ0v) is 15.3. The van der Waals surface area contributed by atoms with Gasteiger partial charge in [0.15, 0.2) is 5.16 Å². The van der Waals surface area contributed by atoms with Gasteiger partial charge in [-0.2, -0.15) is 0 Å². The number of aryl methyl sites for hydroxylation is 1. The summed E-state index contributed by atoms with van der Waals surface area (Å²) in [6, 6.07) is 0. The number of thioether (sulfide) groups is 1. The van der Waals surface area contributed by atoms with Gasteiger partial charge in [-0.25, -0.2) is 4.63 Å². The smallest absolute Gasteiger partial charge is 0.191 e. The molecule has 2 aliphatic heterocycles. The van der Waals surface area contributed by atoms with Crippen LogP contribution >= 0.6 is 11.8 Å². The van der Waals surface area contributed by atoms with E-state index in [0.29, 0.717) is 11.7 Å². The highest BCUT2D eigenvalue weighted by Gasteiger charge is 2.26. The summed E-state index contributed by atoms with van der Waals surface area (Å²) in [6.07, 6.45) is 4.75. The normalized spacial score (nSPS) is 21.9. The quantitative estimate of drug-likeness (QED) is 0.777. The maximum atomic E-state index is 5.86. The molecule has 0 radical (unpaired) electrons. The second kappa shape index (κ2) is 7.84. The van der Waals surface area contributed by atoms with Crippen LogP contribution in [0.25, 0.3) is 0 Å². The molecule has 25 heavy (non-hydrogen) atoms. The van der Waals surface area contributed by atoms with Crippen LogP contribution in [0.3, 0.4) is 0 Å². The Morgan fingerprint density at radius 3 is 2.80 bits per heavy atom. The van der Waals surface area contributed by atoms with Crippen molar-refractivity contribution in [3.05, 3.63) is 17.2 Å². The predicted molar refractivity (Wildman–Crippen MR) is 92.4 cm³/mol. The average Bonchev–Trinajstić information content (AvgIpc) is 3.37. The molecule has 2 fully saturated rings. The van der Waals surface area contributed by atoms with Crippen molar-refractivity contribution in [3.8, 4) is 0 Å². The molecule has 2 aromatic heterocycles. The van der Waals surface area contributed by atoms with Crippen LogP contribution in [-0.2, 0) is 17.0 Å². The molecule has 2 aromatic rings. The van der Waals surface area contributed by atoms with Gasteiger partial charge in [-0.1, -0.05) is 22.1 Å². The van der Waals surface area contributed by atoms with Gasteiger partial charge >= 0.3 is 0 Å². The second-order valence-corrected chi connectivity index (χ2v) is 7.64. The lowest BCUT2D eigenvalue weighted by atomic mass is 9.97. The van der Waals surface area contributed by atoms with Crippen molar-refractivity contribution in [2.45, 2.75) is 62.1 Å². The van der Waals surface area contributed by atoms with Crippen LogP contribution in [0.5, 0.6) is 0 Å². The summed E-state index contributed by atoms with van der Waals surface area (Å²) < 4.78 is 12.9. The minimum absolute atomic E-state index is 0.270. The van der Waals surface area contributed by atoms with E-state index >= 15 is 0 Å². The van der Waals surface area contributed by atoms with Crippen molar-refractivity contribution < 1.29 is 9.37 Å². The molecule has 0 bridgehead atoms. The van der Waals surface area contributed by atoms with Crippen molar-refractivity contribution in [1.82, 2.24) is 30.4 Å². The Morgan fingerprint density at radius 2 is 2.08 bits per heavy atom. The fourth-order valence-electron chi connectivity index (χ4n) is 3.47. The van der Waals surface area contributed by atoms with Crippen molar-refractivity contribution in [1.29, 1.82) is 0 Å². The highest BCUT2D eigenvalue weighted by atomic mass is 32.2. The molecule has 0 aliphatic carbocycles. The van der Waals surface area contributed by atoms with Gasteiger partial charge in [-0.05, 0) is 45.7 Å². The molecule has 2 saturated heterocycles. The third-order valence-corrected chi connectivity index (χ3v) is 5.92. The Labute approximate surface area is 151 Å². The molecule has 0 spiro atoms. The van der Waals surface area contributed by atoms with Crippen molar-refractivity contribution in [2.75, 3.05) is 19.7 Å². The van der Waals surface area contributed by atoms with Crippen LogP contribution in [0.1, 0.15) is 48.8 Å². The Kier molecular flexibility index (Phi) is 5.33. The molecule has 2 aliphatic rings. The maximum absolute atomic E-state index is 5.86. The molecule has 0 aromatic carbocycles. The summed E-state index contributed by atoms with van der Waals surface area (Å²) >= 11 is 1.64. The van der Waals surface area contributed by atoms with Crippen LogP contribution in [-0.4, -0.2) is 50.9 Å². The number of nitrogens with zero attached hydrogens (tertiary/aromatic N) is 5. The summed E-state index contributed by atoms with van der Waals surface area (Å²) in [6.45, 7) is 5.70. The second-order valence-electron chi connectivity index (χ2n) is 6.70. The maximum Gasteiger partial charge on any atom is 0.191 e. The van der Waals surface area contributed by atoms with Gasteiger partial charge < -0.3 is 14.6 Å². The van der Waals surface area contributed by atoms with Crippen LogP contribution in [0.15, 0.2) is 9.79 Å². The number of hydrogen-bond donors (Lipinski definition) is 1. The third kappa shape index (κ3) is 3.88. The number of rotatable bonds is 6. The molecular weight excluding hydrogens is 340 g/mol. The Hall–Kier alpha value is -1.45. The Bertz CT molecular complexity index is 691. The van der Waals surface area contributed by atoms with E-state index in [-0.39, 0.29) is 6.10 Å². The Balaban J connectivity index is 1.53. The molecular formula is C16H24N6O2S. The SMILES string of the molecule is Cc1nonc1CSc1nnc(C2CCNCC2)n1C[C@H]1CCCO1. The highest BCUT2D eigenvalue weighted by molar-refractivity contribution is 7.98. The Morgan fingerprint density at radius 1 is 1.20 bits per heavy atom. The van der Waals surface area contributed by atoms with E-state index in [1.807, 2.05) is 6.92 Å². The van der Waals surface area contributed by atoms with Crippen LogP contribution in [0.2, 0.25) is 0 Å². The lowest BCUT2D eigenvalue weighted by Gasteiger charge is -2.23. The monoisotopic (exact) mass is 364 g/mol. The fourth-order valence-corrected chi connectivity index (χ4v) is 4.42. The topological polar surface area (TPSA) is 90.9 Å². The number of nitrogens with one attached hydrogen (secondary N) is 1. The van der Waals surface area contributed by atoms with Gasteiger partial charge in [0, 0.05) is 18.3 Å². The van der Waals surface area contributed by atoms with Crippen molar-refractivity contribution >= 4 is 11.8 Å². The first-order valence-electron chi connectivity index (χ1n) is 8.97. The van der Waals surface area contributed by atoms with E-state index < -0.39 is 0 Å². The fraction of sp³-hybridized carbons (Fsp3) is 0.750. The number of hydrogen-bond acceptors (Lipinski definition) is 8. The summed E-state index contributed by atoms with van der Waals surface area (Å²) in [5.41, 5.74) is 1.69. The molecule has 4 heterocycles. The number of ether oxygens (including phenoxy) is 1. The average molecular weight is 364 g/mol. The van der Waals surface area contributed by atoms with Gasteiger partial charge in [0.2, 0.25) is 0 Å². The van der Waals surface area contributed by atoms with Crippen molar-refractivity contribution in [2.24, 2.45) is 0 Å². The molecule has 136 valence electrons. The lowest BCUT2D eigenvalue weighted by molar-refractivity contribution is 0.0936. The molecule has 9 heteroatoms. The summed E-state index contributed by atoms with van der Waals surface area (Å²) in [7, 11) is 0. The first-order chi connectivity index (χ1) is 12.3. The zero-order chi connectivity index (χ0) is 17.1. The van der Waals surface area contributed by atoms with Crippen LogP contribution in [0.4, 0.5) is 0 Å². The largest absolute Gasteiger partial charge is 0.376 e. The molecule has 1 atom stereocenters. The van der Waals surface area contributed by atoms with E-state index in [9.17, 15) is 0 Å². The van der Waals surface area contributed by atoms with E-state index in [0.717, 1.165) is 74.3 Å². The van der Waals surface area contributed by atoms with E-state index in [4.69, 9.17) is 9.37 Å². The molecule has 4 rings (SSSR count). The first kappa shape index (κ1) is 17.0. The van der Waals surface area contributed by atoms with Gasteiger partial charge in [-0.15, -0.1) is 10.2 Å².